The lowest BCUT2D eigenvalue weighted by Crippen LogP contribution is -2.42. The Labute approximate surface area is 145 Å². The van der Waals surface area contributed by atoms with Crippen molar-refractivity contribution in [2.24, 2.45) is 0 Å². The molecule has 2 amide bonds. The third-order valence-corrected chi connectivity index (χ3v) is 5.34. The van der Waals surface area contributed by atoms with Crippen molar-refractivity contribution in [2.45, 2.75) is 70.5 Å². The van der Waals surface area contributed by atoms with E-state index in [0.717, 1.165) is 31.0 Å². The molecule has 0 atom stereocenters. The van der Waals surface area contributed by atoms with E-state index in [1.165, 1.54) is 44.9 Å². The highest BCUT2D eigenvalue weighted by atomic mass is 16.2. The number of aryl methyl sites for hydroxylation is 2. The second-order valence-corrected chi connectivity index (χ2v) is 7.18. The predicted molar refractivity (Wildman–Crippen MR) is 94.9 cm³/mol. The van der Waals surface area contributed by atoms with Gasteiger partial charge in [0.2, 0.25) is 0 Å². The molecule has 6 nitrogen and oxygen atoms in total. The van der Waals surface area contributed by atoms with Crippen LogP contribution in [0.1, 0.15) is 56.5 Å². The fourth-order valence-corrected chi connectivity index (χ4v) is 3.84. The number of hydrogen-bond donors (Lipinski definition) is 2. The maximum absolute atomic E-state index is 11.9. The number of nitrogens with one attached hydrogen (secondary N) is 2. The van der Waals surface area contributed by atoms with Crippen LogP contribution in [0, 0.1) is 0 Å². The first-order valence-corrected chi connectivity index (χ1v) is 9.49. The monoisotopic (exact) mass is 333 g/mol. The third-order valence-electron chi connectivity index (χ3n) is 5.34. The number of urea groups is 1. The Balaban J connectivity index is 1.33. The van der Waals surface area contributed by atoms with Crippen molar-refractivity contribution in [1.82, 2.24) is 25.1 Å². The van der Waals surface area contributed by atoms with Crippen LogP contribution >= 0.6 is 0 Å². The highest BCUT2D eigenvalue weighted by molar-refractivity contribution is 5.73. The first-order valence-electron chi connectivity index (χ1n) is 9.49. The number of imidazole rings is 1. The van der Waals surface area contributed by atoms with E-state index in [9.17, 15) is 4.79 Å². The van der Waals surface area contributed by atoms with Crippen LogP contribution in [0.3, 0.4) is 0 Å². The lowest BCUT2D eigenvalue weighted by atomic mass is 9.94. The molecular weight excluding hydrogens is 302 g/mol. The number of rotatable bonds is 6. The quantitative estimate of drug-likeness (QED) is 0.839. The SMILES string of the molecule is CN(CCNC(=O)NCc1cn2c(n1)CCCC2)C1CCCCC1. The van der Waals surface area contributed by atoms with Crippen molar-refractivity contribution < 1.29 is 4.79 Å². The predicted octanol–water partition coefficient (Wildman–Crippen LogP) is 2.28. The Morgan fingerprint density at radius 3 is 2.88 bits per heavy atom. The highest BCUT2D eigenvalue weighted by Gasteiger charge is 2.17. The summed E-state index contributed by atoms with van der Waals surface area (Å²) in [5, 5.41) is 5.88. The van der Waals surface area contributed by atoms with E-state index in [0.29, 0.717) is 19.1 Å². The lowest BCUT2D eigenvalue weighted by Gasteiger charge is -2.31. The van der Waals surface area contributed by atoms with Gasteiger partial charge in [0.05, 0.1) is 12.2 Å². The van der Waals surface area contributed by atoms with Crippen LogP contribution < -0.4 is 10.6 Å². The third kappa shape index (κ3) is 4.72. The van der Waals surface area contributed by atoms with Crippen LogP contribution in [0.2, 0.25) is 0 Å². The van der Waals surface area contributed by atoms with Gasteiger partial charge in [-0.05, 0) is 32.7 Å². The highest BCUT2D eigenvalue weighted by Crippen LogP contribution is 2.21. The standard InChI is InChI=1S/C18H31N5O/c1-22(16-7-3-2-4-8-16)12-10-19-18(24)20-13-15-14-23-11-6-5-9-17(23)21-15/h14,16H,2-13H2,1H3,(H2,19,20,24). The molecule has 134 valence electrons. The zero-order chi connectivity index (χ0) is 16.8. The largest absolute Gasteiger partial charge is 0.337 e. The molecule has 6 heteroatoms. The van der Waals surface area contributed by atoms with E-state index in [-0.39, 0.29) is 6.03 Å². The Hall–Kier alpha value is -1.56. The van der Waals surface area contributed by atoms with Gasteiger partial charge in [0.25, 0.3) is 0 Å². The molecular formula is C18H31N5O. The summed E-state index contributed by atoms with van der Waals surface area (Å²) in [6, 6.07) is 0.596. The molecule has 1 aliphatic heterocycles. The van der Waals surface area contributed by atoms with E-state index in [2.05, 4.69) is 38.3 Å². The summed E-state index contributed by atoms with van der Waals surface area (Å²) >= 11 is 0. The number of fused-ring (bicyclic) bond motifs is 1. The molecule has 0 spiro atoms. The summed E-state index contributed by atoms with van der Waals surface area (Å²) < 4.78 is 2.22. The van der Waals surface area contributed by atoms with E-state index in [1.807, 2.05) is 0 Å². The number of nitrogens with zero attached hydrogens (tertiary/aromatic N) is 3. The van der Waals surface area contributed by atoms with Gasteiger partial charge in [-0.2, -0.15) is 0 Å². The normalized spacial score (nSPS) is 18.4. The average molecular weight is 333 g/mol. The summed E-state index contributed by atoms with van der Waals surface area (Å²) in [6.07, 6.45) is 12.2. The van der Waals surface area contributed by atoms with Gasteiger partial charge in [-0.1, -0.05) is 19.3 Å². The van der Waals surface area contributed by atoms with Crippen molar-refractivity contribution in [3.8, 4) is 0 Å². The van der Waals surface area contributed by atoms with Gasteiger partial charge in [0, 0.05) is 38.3 Å². The van der Waals surface area contributed by atoms with Gasteiger partial charge in [-0.25, -0.2) is 9.78 Å². The van der Waals surface area contributed by atoms with Crippen LogP contribution in [0.15, 0.2) is 6.20 Å². The Morgan fingerprint density at radius 1 is 1.25 bits per heavy atom. The molecule has 3 rings (SSSR count). The molecule has 2 heterocycles. The number of carbonyl (C=O) groups excluding carboxylic acids is 1. The maximum atomic E-state index is 11.9. The smallest absolute Gasteiger partial charge is 0.315 e. The molecule has 0 radical (unpaired) electrons. The van der Waals surface area contributed by atoms with Gasteiger partial charge in [0.1, 0.15) is 5.82 Å². The van der Waals surface area contributed by atoms with E-state index in [4.69, 9.17) is 0 Å². The van der Waals surface area contributed by atoms with Crippen molar-refractivity contribution in [2.75, 3.05) is 20.1 Å². The zero-order valence-corrected chi connectivity index (χ0v) is 14.9. The van der Waals surface area contributed by atoms with Gasteiger partial charge < -0.3 is 20.1 Å². The molecule has 2 aliphatic rings. The van der Waals surface area contributed by atoms with Crippen molar-refractivity contribution in [3.05, 3.63) is 17.7 Å². The topological polar surface area (TPSA) is 62.2 Å². The summed E-state index contributed by atoms with van der Waals surface area (Å²) in [5.74, 6) is 1.16. The number of carbonyl (C=O) groups is 1. The second-order valence-electron chi connectivity index (χ2n) is 7.18. The molecule has 0 bridgehead atoms. The van der Waals surface area contributed by atoms with Crippen LogP contribution in [-0.2, 0) is 19.5 Å². The molecule has 1 aromatic rings. The van der Waals surface area contributed by atoms with Crippen molar-refractivity contribution >= 4 is 6.03 Å². The minimum atomic E-state index is -0.0991. The Kier molecular flexibility index (Phi) is 6.12. The fraction of sp³-hybridized carbons (Fsp3) is 0.778. The summed E-state index contributed by atoms with van der Waals surface area (Å²) in [7, 11) is 2.17. The minimum Gasteiger partial charge on any atom is -0.337 e. The lowest BCUT2D eigenvalue weighted by molar-refractivity contribution is 0.191. The molecule has 1 fully saturated rings. The average Bonchev–Trinajstić information content (AvgIpc) is 3.03. The Bertz CT molecular complexity index is 512. The van der Waals surface area contributed by atoms with Crippen LogP contribution in [0.25, 0.3) is 0 Å². The van der Waals surface area contributed by atoms with Crippen LogP contribution in [0.5, 0.6) is 0 Å². The van der Waals surface area contributed by atoms with Gasteiger partial charge in [-0.15, -0.1) is 0 Å². The molecule has 0 saturated heterocycles. The number of amides is 2. The molecule has 0 unspecified atom stereocenters. The van der Waals surface area contributed by atoms with E-state index >= 15 is 0 Å². The van der Waals surface area contributed by atoms with Crippen molar-refractivity contribution in [1.29, 1.82) is 0 Å². The minimum absolute atomic E-state index is 0.0991. The number of aromatic nitrogens is 2. The molecule has 0 aromatic carbocycles. The summed E-state index contributed by atoms with van der Waals surface area (Å²) in [6.45, 7) is 3.17. The first kappa shape index (κ1) is 17.3. The van der Waals surface area contributed by atoms with Crippen LogP contribution in [-0.4, -0.2) is 46.7 Å². The van der Waals surface area contributed by atoms with Crippen molar-refractivity contribution in [3.63, 3.8) is 0 Å². The first-order chi connectivity index (χ1) is 11.7. The zero-order valence-electron chi connectivity index (χ0n) is 14.9. The van der Waals surface area contributed by atoms with Gasteiger partial charge in [-0.3, -0.25) is 0 Å². The summed E-state index contributed by atoms with van der Waals surface area (Å²) in [4.78, 5) is 18.9. The van der Waals surface area contributed by atoms with E-state index < -0.39 is 0 Å². The molecule has 1 aromatic heterocycles. The molecule has 2 N–H and O–H groups in total. The van der Waals surface area contributed by atoms with Gasteiger partial charge in [0.15, 0.2) is 0 Å². The van der Waals surface area contributed by atoms with Crippen LogP contribution in [0.4, 0.5) is 4.79 Å². The van der Waals surface area contributed by atoms with Gasteiger partial charge >= 0.3 is 6.03 Å². The Morgan fingerprint density at radius 2 is 2.08 bits per heavy atom. The van der Waals surface area contributed by atoms with E-state index in [1.54, 1.807) is 0 Å². The second kappa shape index (κ2) is 8.51. The molecule has 1 saturated carbocycles. The summed E-state index contributed by atoms with van der Waals surface area (Å²) in [5.41, 5.74) is 0.960. The fourth-order valence-electron chi connectivity index (χ4n) is 3.84. The molecule has 24 heavy (non-hydrogen) atoms. The maximum Gasteiger partial charge on any atom is 0.315 e. The molecule has 1 aliphatic carbocycles. The number of likely N-dealkylation sites (N-methyl/N-ethyl adjacent to an activating group) is 1. The number of hydrogen-bond acceptors (Lipinski definition) is 3.